The van der Waals surface area contributed by atoms with Crippen LogP contribution in [0.5, 0.6) is 5.75 Å². The number of hydrogen-bond acceptors (Lipinski definition) is 3. The number of hydrogen-bond donors (Lipinski definition) is 2. The van der Waals surface area contributed by atoms with E-state index in [0.717, 1.165) is 11.1 Å². The van der Waals surface area contributed by atoms with Crippen molar-refractivity contribution in [3.63, 3.8) is 0 Å². The Kier molecular flexibility index (Phi) is 5.82. The lowest BCUT2D eigenvalue weighted by Crippen LogP contribution is -2.37. The molecule has 0 radical (unpaired) electrons. The van der Waals surface area contributed by atoms with Gasteiger partial charge in [0.15, 0.2) is 0 Å². The van der Waals surface area contributed by atoms with Crippen LogP contribution in [0.25, 0.3) is 0 Å². The first kappa shape index (κ1) is 16.3. The molecule has 0 atom stereocenters. The monoisotopic (exact) mass is 290 g/mol. The van der Waals surface area contributed by atoms with Gasteiger partial charge in [0.1, 0.15) is 5.75 Å². The van der Waals surface area contributed by atoms with Crippen LogP contribution in [-0.4, -0.2) is 25.7 Å². The van der Waals surface area contributed by atoms with Crippen LogP contribution in [0, 0.1) is 0 Å². The predicted molar refractivity (Wildman–Crippen MR) is 68.3 cm³/mol. The number of ether oxygens (including phenoxy) is 1. The highest BCUT2D eigenvalue weighted by Gasteiger charge is 2.38. The quantitative estimate of drug-likeness (QED) is 0.785. The number of nitrogens with one attached hydrogen (secondary N) is 1. The van der Waals surface area contributed by atoms with Crippen LogP contribution in [0.1, 0.15) is 17.5 Å². The van der Waals surface area contributed by atoms with Crippen molar-refractivity contribution in [2.75, 3.05) is 13.7 Å². The van der Waals surface area contributed by atoms with Gasteiger partial charge >= 0.3 is 12.1 Å². The topological polar surface area (TPSA) is 64.3 Å². The molecular formula is C13H17F3N2O2. The summed E-state index contributed by atoms with van der Waals surface area (Å²) in [4.78, 5) is 10.6. The molecule has 0 aliphatic carbocycles. The Morgan fingerprint density at radius 2 is 2.10 bits per heavy atom. The minimum atomic E-state index is -4.84. The average molecular weight is 290 g/mol. The van der Waals surface area contributed by atoms with E-state index in [1.807, 2.05) is 17.4 Å². The van der Waals surface area contributed by atoms with E-state index in [1.165, 1.54) is 7.11 Å². The first-order chi connectivity index (χ1) is 9.38. The van der Waals surface area contributed by atoms with Gasteiger partial charge < -0.3 is 15.8 Å². The number of aryl methyl sites for hydroxylation is 1. The molecule has 0 spiro atoms. The Balaban J connectivity index is 2.51. The van der Waals surface area contributed by atoms with E-state index in [0.29, 0.717) is 25.1 Å². The largest absolute Gasteiger partial charge is 0.496 e. The van der Waals surface area contributed by atoms with Gasteiger partial charge in [0.2, 0.25) is 0 Å². The van der Waals surface area contributed by atoms with Gasteiger partial charge in [-0.25, -0.2) is 0 Å². The number of amides is 1. The number of carbonyl (C=O) groups excluding carboxylic acids is 1. The van der Waals surface area contributed by atoms with Crippen LogP contribution in [0.15, 0.2) is 18.2 Å². The van der Waals surface area contributed by atoms with Crippen LogP contribution in [-0.2, 0) is 17.8 Å². The molecule has 1 amide bonds. The van der Waals surface area contributed by atoms with Gasteiger partial charge in [0, 0.05) is 13.1 Å². The Labute approximate surface area is 115 Å². The van der Waals surface area contributed by atoms with Crippen molar-refractivity contribution in [3.05, 3.63) is 29.3 Å². The van der Waals surface area contributed by atoms with E-state index in [2.05, 4.69) is 0 Å². The average Bonchev–Trinajstić information content (AvgIpc) is 2.41. The van der Waals surface area contributed by atoms with Gasteiger partial charge in [-0.15, -0.1) is 0 Å². The maximum Gasteiger partial charge on any atom is 0.471 e. The number of nitrogens with two attached hydrogens (primary N) is 1. The summed E-state index contributed by atoms with van der Waals surface area (Å²) in [7, 11) is 1.52. The molecule has 112 valence electrons. The van der Waals surface area contributed by atoms with Crippen molar-refractivity contribution < 1.29 is 22.7 Å². The fraction of sp³-hybridized carbons (Fsp3) is 0.462. The highest BCUT2D eigenvalue weighted by molar-refractivity contribution is 5.81. The minimum absolute atomic E-state index is 0.0473. The third-order valence-corrected chi connectivity index (χ3v) is 2.75. The first-order valence-corrected chi connectivity index (χ1v) is 6.09. The van der Waals surface area contributed by atoms with E-state index >= 15 is 0 Å². The fourth-order valence-corrected chi connectivity index (χ4v) is 1.74. The fourth-order valence-electron chi connectivity index (χ4n) is 1.74. The SMILES string of the molecule is COc1ccc(CN)cc1CCCNC(=O)C(F)(F)F. The van der Waals surface area contributed by atoms with Crippen molar-refractivity contribution in [1.82, 2.24) is 5.32 Å². The number of benzene rings is 1. The van der Waals surface area contributed by atoms with Crippen LogP contribution in [0.2, 0.25) is 0 Å². The maximum atomic E-state index is 12.0. The van der Waals surface area contributed by atoms with Gasteiger partial charge in [0.25, 0.3) is 0 Å². The van der Waals surface area contributed by atoms with Crippen LogP contribution in [0.4, 0.5) is 13.2 Å². The summed E-state index contributed by atoms with van der Waals surface area (Å²) < 4.78 is 41.1. The molecule has 0 aromatic heterocycles. The summed E-state index contributed by atoms with van der Waals surface area (Å²) in [6.45, 7) is 0.330. The molecule has 3 N–H and O–H groups in total. The third kappa shape index (κ3) is 4.73. The number of halogens is 3. The maximum absolute atomic E-state index is 12.0. The molecule has 1 aromatic rings. The summed E-state index contributed by atoms with van der Waals surface area (Å²) in [6, 6.07) is 5.45. The van der Waals surface area contributed by atoms with Gasteiger partial charge in [-0.05, 0) is 30.0 Å². The molecule has 1 rings (SSSR count). The Morgan fingerprint density at radius 1 is 1.40 bits per heavy atom. The molecule has 0 aliphatic heterocycles. The Morgan fingerprint density at radius 3 is 2.65 bits per heavy atom. The second kappa shape index (κ2) is 7.14. The standard InChI is InChI=1S/C13H17F3N2O2/c1-20-11-5-4-9(8-17)7-10(11)3-2-6-18-12(19)13(14,15)16/h4-5,7H,2-3,6,8,17H2,1H3,(H,18,19). The summed E-state index contributed by atoms with van der Waals surface area (Å²) in [5.74, 6) is -1.26. The lowest BCUT2D eigenvalue weighted by Gasteiger charge is -2.11. The minimum Gasteiger partial charge on any atom is -0.496 e. The highest BCUT2D eigenvalue weighted by atomic mass is 19.4. The first-order valence-electron chi connectivity index (χ1n) is 6.09. The van der Waals surface area contributed by atoms with Crippen molar-refractivity contribution in [2.24, 2.45) is 5.73 Å². The Bertz CT molecular complexity index is 461. The van der Waals surface area contributed by atoms with Crippen molar-refractivity contribution in [2.45, 2.75) is 25.6 Å². The van der Waals surface area contributed by atoms with E-state index in [4.69, 9.17) is 10.5 Å². The number of methoxy groups -OCH3 is 1. The highest BCUT2D eigenvalue weighted by Crippen LogP contribution is 2.21. The smallest absolute Gasteiger partial charge is 0.471 e. The lowest BCUT2D eigenvalue weighted by molar-refractivity contribution is -0.173. The van der Waals surface area contributed by atoms with Crippen molar-refractivity contribution >= 4 is 5.91 Å². The molecule has 1 aromatic carbocycles. The molecule has 20 heavy (non-hydrogen) atoms. The molecule has 0 unspecified atom stereocenters. The van der Waals surface area contributed by atoms with Crippen molar-refractivity contribution in [3.8, 4) is 5.75 Å². The third-order valence-electron chi connectivity index (χ3n) is 2.75. The Hall–Kier alpha value is -1.76. The number of alkyl halides is 3. The molecule has 0 saturated heterocycles. The van der Waals surface area contributed by atoms with Gasteiger partial charge in [0.05, 0.1) is 7.11 Å². The van der Waals surface area contributed by atoms with Gasteiger partial charge in [-0.2, -0.15) is 13.2 Å². The molecule has 0 saturated carbocycles. The van der Waals surface area contributed by atoms with Crippen LogP contribution >= 0.6 is 0 Å². The molecule has 4 nitrogen and oxygen atoms in total. The zero-order valence-corrected chi connectivity index (χ0v) is 11.1. The van der Waals surface area contributed by atoms with Crippen molar-refractivity contribution in [1.29, 1.82) is 0 Å². The zero-order valence-electron chi connectivity index (χ0n) is 11.1. The zero-order chi connectivity index (χ0) is 15.2. The number of carbonyl (C=O) groups is 1. The predicted octanol–water partition coefficient (Wildman–Crippen LogP) is 1.76. The van der Waals surface area contributed by atoms with E-state index in [-0.39, 0.29) is 6.54 Å². The van der Waals surface area contributed by atoms with Gasteiger partial charge in [-0.1, -0.05) is 12.1 Å². The molecular weight excluding hydrogens is 273 g/mol. The normalized spacial score (nSPS) is 11.2. The molecule has 7 heteroatoms. The van der Waals surface area contributed by atoms with E-state index in [9.17, 15) is 18.0 Å². The molecule has 0 aliphatic rings. The van der Waals surface area contributed by atoms with E-state index < -0.39 is 12.1 Å². The second-order valence-corrected chi connectivity index (χ2v) is 4.21. The second-order valence-electron chi connectivity index (χ2n) is 4.21. The van der Waals surface area contributed by atoms with Gasteiger partial charge in [-0.3, -0.25) is 4.79 Å². The summed E-state index contributed by atoms with van der Waals surface area (Å²) in [6.07, 6.45) is -3.96. The lowest BCUT2D eigenvalue weighted by atomic mass is 10.0. The number of rotatable bonds is 6. The summed E-state index contributed by atoms with van der Waals surface area (Å²) in [5, 5.41) is 1.83. The molecule has 0 heterocycles. The van der Waals surface area contributed by atoms with E-state index in [1.54, 1.807) is 6.07 Å². The summed E-state index contributed by atoms with van der Waals surface area (Å²) >= 11 is 0. The van der Waals surface area contributed by atoms with Crippen LogP contribution in [0.3, 0.4) is 0 Å². The van der Waals surface area contributed by atoms with Crippen LogP contribution < -0.4 is 15.8 Å². The molecule has 0 fully saturated rings. The molecule has 0 bridgehead atoms. The summed E-state index contributed by atoms with van der Waals surface area (Å²) in [5.41, 5.74) is 7.30.